The first-order chi connectivity index (χ1) is 15.4. The van der Waals surface area contributed by atoms with Gasteiger partial charge in [-0.2, -0.15) is 4.98 Å². The van der Waals surface area contributed by atoms with Gasteiger partial charge < -0.3 is 9.47 Å². The number of anilines is 1. The van der Waals surface area contributed by atoms with Crippen molar-refractivity contribution in [2.75, 3.05) is 11.4 Å². The maximum atomic E-state index is 13.5. The lowest BCUT2D eigenvalue weighted by Gasteiger charge is -2.33. The van der Waals surface area contributed by atoms with E-state index in [2.05, 4.69) is 24.0 Å². The number of rotatable bonds is 4. The van der Waals surface area contributed by atoms with E-state index in [0.29, 0.717) is 35.2 Å². The fourth-order valence-corrected chi connectivity index (χ4v) is 4.58. The molecule has 8 heteroatoms. The lowest BCUT2D eigenvalue weighted by atomic mass is 10.1. The number of halogens is 1. The van der Waals surface area contributed by atoms with Crippen LogP contribution < -0.4 is 16.1 Å². The zero-order chi connectivity index (χ0) is 22.4. The summed E-state index contributed by atoms with van der Waals surface area (Å²) < 4.78 is 4.73. The number of fused-ring (bicyclic) bond motifs is 3. The SMILES string of the molecule is C[C@@H]1CN(Cc2ccccc2)c2nc3c(c(=O)n(Cc4ccc(Cl)cc4)c(=O)n3C)n2C1. The maximum absolute atomic E-state index is 13.5. The molecule has 32 heavy (non-hydrogen) atoms. The normalized spacial score (nSPS) is 15.8. The Morgan fingerprint density at radius 2 is 1.66 bits per heavy atom. The molecule has 1 aliphatic rings. The van der Waals surface area contributed by atoms with Crippen LogP contribution in [0.25, 0.3) is 11.2 Å². The molecule has 2 aromatic heterocycles. The van der Waals surface area contributed by atoms with Crippen LogP contribution in [-0.4, -0.2) is 25.2 Å². The van der Waals surface area contributed by atoms with E-state index < -0.39 is 0 Å². The van der Waals surface area contributed by atoms with Crippen LogP contribution in [0.4, 0.5) is 5.95 Å². The summed E-state index contributed by atoms with van der Waals surface area (Å²) in [7, 11) is 1.67. The second-order valence-electron chi connectivity index (χ2n) is 8.53. The minimum atomic E-state index is -0.379. The molecule has 0 saturated carbocycles. The van der Waals surface area contributed by atoms with Gasteiger partial charge in [0.1, 0.15) is 0 Å². The lowest BCUT2D eigenvalue weighted by Crippen LogP contribution is -2.41. The van der Waals surface area contributed by atoms with Crippen molar-refractivity contribution in [1.29, 1.82) is 0 Å². The number of aryl methyl sites for hydroxylation is 1. The molecular weight excluding hydrogens is 426 g/mol. The van der Waals surface area contributed by atoms with Crippen LogP contribution in [-0.2, 0) is 26.7 Å². The molecular formula is C24H24ClN5O2. The molecule has 0 saturated heterocycles. The molecule has 2 aromatic carbocycles. The average molecular weight is 450 g/mol. The predicted molar refractivity (Wildman–Crippen MR) is 126 cm³/mol. The van der Waals surface area contributed by atoms with Gasteiger partial charge >= 0.3 is 5.69 Å². The van der Waals surface area contributed by atoms with E-state index in [-0.39, 0.29) is 17.8 Å². The third-order valence-corrected chi connectivity index (χ3v) is 6.24. The summed E-state index contributed by atoms with van der Waals surface area (Å²) in [6.45, 7) is 4.57. The van der Waals surface area contributed by atoms with Gasteiger partial charge in [-0.1, -0.05) is 61.0 Å². The van der Waals surface area contributed by atoms with E-state index >= 15 is 0 Å². The van der Waals surface area contributed by atoms with Crippen molar-refractivity contribution in [2.45, 2.75) is 26.6 Å². The van der Waals surface area contributed by atoms with E-state index in [1.54, 1.807) is 19.2 Å². The molecule has 7 nitrogen and oxygen atoms in total. The highest BCUT2D eigenvalue weighted by atomic mass is 35.5. The van der Waals surface area contributed by atoms with Crippen LogP contribution in [0.15, 0.2) is 64.2 Å². The van der Waals surface area contributed by atoms with Crippen LogP contribution in [0.3, 0.4) is 0 Å². The highest BCUT2D eigenvalue weighted by molar-refractivity contribution is 6.30. The molecule has 0 fully saturated rings. The van der Waals surface area contributed by atoms with E-state index in [0.717, 1.165) is 18.1 Å². The summed E-state index contributed by atoms with van der Waals surface area (Å²) >= 11 is 5.98. The lowest BCUT2D eigenvalue weighted by molar-refractivity contribution is 0.435. The smallest absolute Gasteiger partial charge is 0.332 e. The van der Waals surface area contributed by atoms with Gasteiger partial charge in [0, 0.05) is 31.7 Å². The standard InChI is InChI=1S/C24H24ClN5O2/c1-16-12-28(14-17-6-4-3-5-7-17)23-26-21-20(29(23)13-16)22(31)30(24(32)27(21)2)15-18-8-10-19(25)11-9-18/h3-11,16H,12-15H2,1-2H3/t16-/m1/s1. The molecule has 0 spiro atoms. The Kier molecular flexibility index (Phi) is 5.13. The molecule has 0 amide bonds. The molecule has 0 radical (unpaired) electrons. The topological polar surface area (TPSA) is 65.1 Å². The molecule has 5 rings (SSSR count). The van der Waals surface area contributed by atoms with Crippen molar-refractivity contribution in [1.82, 2.24) is 18.7 Å². The number of imidazole rings is 1. The molecule has 0 unspecified atom stereocenters. The Hall–Kier alpha value is -3.32. The van der Waals surface area contributed by atoms with Crippen LogP contribution >= 0.6 is 11.6 Å². The second kappa shape index (κ2) is 7.98. The fraction of sp³-hybridized carbons (Fsp3) is 0.292. The Morgan fingerprint density at radius 3 is 2.38 bits per heavy atom. The second-order valence-corrected chi connectivity index (χ2v) is 8.96. The molecule has 164 valence electrons. The van der Waals surface area contributed by atoms with Crippen LogP contribution in [0.5, 0.6) is 0 Å². The molecule has 1 aliphatic heterocycles. The number of nitrogens with zero attached hydrogens (tertiary/aromatic N) is 5. The zero-order valence-electron chi connectivity index (χ0n) is 18.0. The molecule has 3 heterocycles. The van der Waals surface area contributed by atoms with Crippen molar-refractivity contribution < 1.29 is 0 Å². The Labute approximate surface area is 190 Å². The monoisotopic (exact) mass is 449 g/mol. The maximum Gasteiger partial charge on any atom is 0.332 e. The number of hydrogen-bond acceptors (Lipinski definition) is 4. The summed E-state index contributed by atoms with van der Waals surface area (Å²) in [5.41, 5.74) is 2.22. The summed E-state index contributed by atoms with van der Waals surface area (Å²) in [5, 5.41) is 0.613. The van der Waals surface area contributed by atoms with Crippen LogP contribution in [0, 0.1) is 5.92 Å². The first-order valence-electron chi connectivity index (χ1n) is 10.7. The summed E-state index contributed by atoms with van der Waals surface area (Å²) in [5.74, 6) is 1.07. The molecule has 0 N–H and O–H groups in total. The van der Waals surface area contributed by atoms with Crippen LogP contribution in [0.2, 0.25) is 5.02 Å². The quantitative estimate of drug-likeness (QED) is 0.479. The zero-order valence-corrected chi connectivity index (χ0v) is 18.8. The first-order valence-corrected chi connectivity index (χ1v) is 11.0. The van der Waals surface area contributed by atoms with Gasteiger partial charge in [0.25, 0.3) is 5.56 Å². The van der Waals surface area contributed by atoms with Gasteiger partial charge in [-0.15, -0.1) is 0 Å². The summed E-state index contributed by atoms with van der Waals surface area (Å²) in [4.78, 5) is 33.5. The molecule has 1 atom stereocenters. The van der Waals surface area contributed by atoms with Gasteiger partial charge in [-0.25, -0.2) is 4.79 Å². The predicted octanol–water partition coefficient (Wildman–Crippen LogP) is 3.25. The number of hydrogen-bond donors (Lipinski definition) is 0. The largest absolute Gasteiger partial charge is 0.338 e. The molecule has 4 aromatic rings. The number of aromatic nitrogens is 4. The molecule has 0 bridgehead atoms. The van der Waals surface area contributed by atoms with Gasteiger partial charge in [0.05, 0.1) is 6.54 Å². The number of benzene rings is 2. The van der Waals surface area contributed by atoms with Crippen molar-refractivity contribution in [3.05, 3.63) is 91.6 Å². The van der Waals surface area contributed by atoms with Gasteiger partial charge in [0.15, 0.2) is 11.2 Å². The average Bonchev–Trinajstić information content (AvgIpc) is 3.17. The Morgan fingerprint density at radius 1 is 0.969 bits per heavy atom. The van der Waals surface area contributed by atoms with Crippen molar-refractivity contribution >= 4 is 28.7 Å². The summed E-state index contributed by atoms with van der Waals surface area (Å²) in [6.07, 6.45) is 0. The Balaban J connectivity index is 1.65. The summed E-state index contributed by atoms with van der Waals surface area (Å²) in [6, 6.07) is 17.4. The van der Waals surface area contributed by atoms with E-state index in [4.69, 9.17) is 16.6 Å². The third-order valence-electron chi connectivity index (χ3n) is 5.99. The van der Waals surface area contributed by atoms with Crippen molar-refractivity contribution in [3.63, 3.8) is 0 Å². The fourth-order valence-electron chi connectivity index (χ4n) is 4.45. The minimum absolute atomic E-state index is 0.183. The van der Waals surface area contributed by atoms with E-state index in [1.807, 2.05) is 34.9 Å². The van der Waals surface area contributed by atoms with Gasteiger partial charge in [-0.3, -0.25) is 13.9 Å². The van der Waals surface area contributed by atoms with Gasteiger partial charge in [0.2, 0.25) is 5.95 Å². The minimum Gasteiger partial charge on any atom is -0.338 e. The first kappa shape index (κ1) is 20.6. The van der Waals surface area contributed by atoms with Crippen molar-refractivity contribution in [2.24, 2.45) is 13.0 Å². The molecule has 0 aliphatic carbocycles. The Bertz CT molecular complexity index is 1400. The van der Waals surface area contributed by atoms with E-state index in [9.17, 15) is 9.59 Å². The van der Waals surface area contributed by atoms with E-state index in [1.165, 1.54) is 14.7 Å². The van der Waals surface area contributed by atoms with Gasteiger partial charge in [-0.05, 0) is 29.2 Å². The van der Waals surface area contributed by atoms with Crippen molar-refractivity contribution in [3.8, 4) is 0 Å². The highest BCUT2D eigenvalue weighted by Gasteiger charge is 2.29. The third kappa shape index (κ3) is 3.52. The highest BCUT2D eigenvalue weighted by Crippen LogP contribution is 2.28. The van der Waals surface area contributed by atoms with Crippen LogP contribution in [0.1, 0.15) is 18.1 Å².